The van der Waals surface area contributed by atoms with E-state index in [1.54, 1.807) is 0 Å². The molecule has 2 aliphatic heterocycles. The van der Waals surface area contributed by atoms with E-state index in [0.29, 0.717) is 12.1 Å². The quantitative estimate of drug-likeness (QED) is 0.836. The van der Waals surface area contributed by atoms with Gasteiger partial charge in [0.25, 0.3) is 0 Å². The van der Waals surface area contributed by atoms with Gasteiger partial charge in [0.2, 0.25) is 0 Å². The van der Waals surface area contributed by atoms with E-state index in [4.69, 9.17) is 9.84 Å². The predicted molar refractivity (Wildman–Crippen MR) is 69.6 cm³/mol. The summed E-state index contributed by atoms with van der Waals surface area (Å²) in [5.41, 5.74) is 0. The Hall–Kier alpha value is -0.610. The Morgan fingerprint density at radius 2 is 2.28 bits per heavy atom. The van der Waals surface area contributed by atoms with Gasteiger partial charge in [-0.15, -0.1) is 0 Å². The van der Waals surface area contributed by atoms with Gasteiger partial charge in [-0.1, -0.05) is 13.3 Å². The van der Waals surface area contributed by atoms with E-state index in [-0.39, 0.29) is 5.92 Å². The Labute approximate surface area is 109 Å². The summed E-state index contributed by atoms with van der Waals surface area (Å²) in [5.74, 6) is -0.789. The zero-order valence-electron chi connectivity index (χ0n) is 11.3. The minimum Gasteiger partial charge on any atom is -0.481 e. The summed E-state index contributed by atoms with van der Waals surface area (Å²) in [6.07, 6.45) is 6.69. The number of carbonyl (C=O) groups is 1. The smallest absolute Gasteiger partial charge is 0.307 e. The van der Waals surface area contributed by atoms with E-state index in [1.165, 1.54) is 0 Å². The van der Waals surface area contributed by atoms with E-state index in [2.05, 4.69) is 11.8 Å². The number of piperidine rings is 1. The summed E-state index contributed by atoms with van der Waals surface area (Å²) in [6, 6.07) is 0.539. The first kappa shape index (κ1) is 13.8. The van der Waals surface area contributed by atoms with Gasteiger partial charge in [0.15, 0.2) is 0 Å². The molecule has 4 nitrogen and oxygen atoms in total. The zero-order chi connectivity index (χ0) is 13.0. The van der Waals surface area contributed by atoms with Crippen molar-refractivity contribution in [3.63, 3.8) is 0 Å². The van der Waals surface area contributed by atoms with Gasteiger partial charge < -0.3 is 9.84 Å². The summed E-state index contributed by atoms with van der Waals surface area (Å²) < 4.78 is 5.77. The fourth-order valence-electron chi connectivity index (χ4n) is 3.25. The van der Waals surface area contributed by atoms with Gasteiger partial charge in [0.1, 0.15) is 0 Å². The van der Waals surface area contributed by atoms with Gasteiger partial charge in [0.05, 0.1) is 12.0 Å². The van der Waals surface area contributed by atoms with Gasteiger partial charge in [-0.3, -0.25) is 9.69 Å². The van der Waals surface area contributed by atoms with Crippen molar-refractivity contribution in [3.05, 3.63) is 0 Å². The lowest BCUT2D eigenvalue weighted by Crippen LogP contribution is -2.48. The summed E-state index contributed by atoms with van der Waals surface area (Å²) in [7, 11) is 0. The second-order valence-corrected chi connectivity index (χ2v) is 5.63. The summed E-state index contributed by atoms with van der Waals surface area (Å²) >= 11 is 0. The van der Waals surface area contributed by atoms with Crippen LogP contribution in [0.3, 0.4) is 0 Å². The molecule has 3 unspecified atom stereocenters. The van der Waals surface area contributed by atoms with Crippen molar-refractivity contribution in [2.45, 2.75) is 57.6 Å². The maximum absolute atomic E-state index is 11.1. The number of nitrogens with zero attached hydrogens (tertiary/aromatic N) is 1. The average molecular weight is 255 g/mol. The molecule has 0 aromatic rings. The van der Waals surface area contributed by atoms with Crippen molar-refractivity contribution in [1.82, 2.24) is 4.90 Å². The summed E-state index contributed by atoms with van der Waals surface area (Å²) in [4.78, 5) is 13.5. The van der Waals surface area contributed by atoms with Gasteiger partial charge >= 0.3 is 5.97 Å². The molecule has 104 valence electrons. The minimum absolute atomic E-state index is 0.161. The van der Waals surface area contributed by atoms with Crippen LogP contribution in [-0.2, 0) is 9.53 Å². The van der Waals surface area contributed by atoms with E-state index < -0.39 is 5.97 Å². The molecule has 0 radical (unpaired) electrons. The maximum Gasteiger partial charge on any atom is 0.307 e. The Balaban J connectivity index is 1.87. The standard InChI is InChI=1S/C14H25NO3/c1-2-4-13-9-12(6-8-18-13)15-7-3-5-11(10-15)14(16)17/h11-13H,2-10H2,1H3,(H,16,17). The van der Waals surface area contributed by atoms with Crippen LogP contribution >= 0.6 is 0 Å². The van der Waals surface area contributed by atoms with Crippen LogP contribution in [0.4, 0.5) is 0 Å². The largest absolute Gasteiger partial charge is 0.481 e. The first-order chi connectivity index (χ1) is 8.70. The molecule has 0 saturated carbocycles. The second-order valence-electron chi connectivity index (χ2n) is 5.63. The second kappa shape index (κ2) is 6.53. The number of hydrogen-bond acceptors (Lipinski definition) is 3. The van der Waals surface area contributed by atoms with Crippen LogP contribution in [0.15, 0.2) is 0 Å². The van der Waals surface area contributed by atoms with Crippen LogP contribution in [0.25, 0.3) is 0 Å². The summed E-state index contributed by atoms with van der Waals surface area (Å²) in [5, 5.41) is 9.14. The number of carboxylic acid groups (broad SMARTS) is 1. The molecular weight excluding hydrogens is 230 g/mol. The number of aliphatic carboxylic acids is 1. The molecule has 18 heavy (non-hydrogen) atoms. The van der Waals surface area contributed by atoms with Gasteiger partial charge in [-0.2, -0.15) is 0 Å². The third kappa shape index (κ3) is 3.45. The summed E-state index contributed by atoms with van der Waals surface area (Å²) in [6.45, 7) is 4.82. The van der Waals surface area contributed by atoms with E-state index in [1.807, 2.05) is 0 Å². The molecule has 0 aliphatic carbocycles. The molecule has 2 heterocycles. The van der Waals surface area contributed by atoms with Crippen molar-refractivity contribution < 1.29 is 14.6 Å². The fourth-order valence-corrected chi connectivity index (χ4v) is 3.25. The van der Waals surface area contributed by atoms with E-state index >= 15 is 0 Å². The lowest BCUT2D eigenvalue weighted by molar-refractivity contribution is -0.144. The molecule has 0 aromatic heterocycles. The highest BCUT2D eigenvalue weighted by Gasteiger charge is 2.32. The number of ether oxygens (including phenoxy) is 1. The third-order valence-electron chi connectivity index (χ3n) is 4.27. The van der Waals surface area contributed by atoms with Gasteiger partial charge in [-0.25, -0.2) is 0 Å². The van der Waals surface area contributed by atoms with Crippen molar-refractivity contribution in [3.8, 4) is 0 Å². The number of rotatable bonds is 4. The molecule has 0 bridgehead atoms. The van der Waals surface area contributed by atoms with Crippen LogP contribution < -0.4 is 0 Å². The van der Waals surface area contributed by atoms with Crippen LogP contribution in [0, 0.1) is 5.92 Å². The molecule has 0 aromatic carbocycles. The topological polar surface area (TPSA) is 49.8 Å². The number of likely N-dealkylation sites (tertiary alicyclic amines) is 1. The molecule has 2 aliphatic rings. The normalized spacial score (nSPS) is 34.4. The monoisotopic (exact) mass is 255 g/mol. The molecule has 2 fully saturated rings. The van der Waals surface area contributed by atoms with Gasteiger partial charge in [-0.05, 0) is 38.6 Å². The molecule has 2 saturated heterocycles. The van der Waals surface area contributed by atoms with Crippen LogP contribution in [0.5, 0.6) is 0 Å². The molecule has 3 atom stereocenters. The lowest BCUT2D eigenvalue weighted by Gasteiger charge is -2.41. The minimum atomic E-state index is -0.628. The Morgan fingerprint density at radius 1 is 1.44 bits per heavy atom. The Morgan fingerprint density at radius 3 is 3.00 bits per heavy atom. The van der Waals surface area contributed by atoms with Crippen molar-refractivity contribution in [2.75, 3.05) is 19.7 Å². The first-order valence-electron chi connectivity index (χ1n) is 7.29. The number of hydrogen-bond donors (Lipinski definition) is 1. The van der Waals surface area contributed by atoms with Crippen molar-refractivity contribution >= 4 is 5.97 Å². The molecule has 0 amide bonds. The lowest BCUT2D eigenvalue weighted by atomic mass is 9.92. The Bertz CT molecular complexity index is 280. The molecule has 4 heteroatoms. The molecule has 2 rings (SSSR count). The zero-order valence-corrected chi connectivity index (χ0v) is 11.3. The maximum atomic E-state index is 11.1. The van der Waals surface area contributed by atoms with E-state index in [0.717, 1.165) is 58.2 Å². The van der Waals surface area contributed by atoms with Crippen molar-refractivity contribution in [2.24, 2.45) is 5.92 Å². The third-order valence-corrected chi connectivity index (χ3v) is 4.27. The molecular formula is C14H25NO3. The molecule has 0 spiro atoms. The first-order valence-corrected chi connectivity index (χ1v) is 7.29. The molecule has 1 N–H and O–H groups in total. The van der Waals surface area contributed by atoms with Crippen molar-refractivity contribution in [1.29, 1.82) is 0 Å². The van der Waals surface area contributed by atoms with E-state index in [9.17, 15) is 4.79 Å². The predicted octanol–water partition coefficient (Wildman–Crippen LogP) is 2.13. The highest BCUT2D eigenvalue weighted by atomic mass is 16.5. The SMILES string of the molecule is CCCC1CC(N2CCCC(C(=O)O)C2)CCO1. The number of carboxylic acids is 1. The fraction of sp³-hybridized carbons (Fsp3) is 0.929. The average Bonchev–Trinajstić information content (AvgIpc) is 2.39. The van der Waals surface area contributed by atoms with Crippen LogP contribution in [-0.4, -0.2) is 47.8 Å². The van der Waals surface area contributed by atoms with Gasteiger partial charge in [0, 0.05) is 19.2 Å². The highest BCUT2D eigenvalue weighted by Crippen LogP contribution is 2.26. The Kier molecular flexibility index (Phi) is 5.01. The van der Waals surface area contributed by atoms with Crippen LogP contribution in [0.2, 0.25) is 0 Å². The highest BCUT2D eigenvalue weighted by molar-refractivity contribution is 5.70. The van der Waals surface area contributed by atoms with Crippen LogP contribution in [0.1, 0.15) is 45.4 Å².